The summed E-state index contributed by atoms with van der Waals surface area (Å²) in [5.74, 6) is 1.54. The van der Waals surface area contributed by atoms with Gasteiger partial charge >= 0.3 is 0 Å². The minimum atomic E-state index is -0.226. The average molecular weight is 333 g/mol. The molecule has 0 bridgehead atoms. The largest absolute Gasteiger partial charge is 0.393 e. The van der Waals surface area contributed by atoms with Crippen molar-refractivity contribution in [1.82, 2.24) is 0 Å². The number of rotatable bonds is 1. The molecule has 0 aromatic rings. The van der Waals surface area contributed by atoms with Gasteiger partial charge < -0.3 is 10.2 Å². The van der Waals surface area contributed by atoms with Crippen LogP contribution >= 0.6 is 0 Å². The second-order valence-corrected chi connectivity index (χ2v) is 10.3. The number of aliphatic hydroxyl groups excluding tert-OH is 2. The van der Waals surface area contributed by atoms with Crippen LogP contribution in [0.5, 0.6) is 0 Å². The molecule has 2 heteroatoms. The summed E-state index contributed by atoms with van der Waals surface area (Å²) < 4.78 is 0. The van der Waals surface area contributed by atoms with Crippen molar-refractivity contribution in [3.8, 4) is 0 Å². The monoisotopic (exact) mass is 332 g/mol. The molecule has 24 heavy (non-hydrogen) atoms. The summed E-state index contributed by atoms with van der Waals surface area (Å²) in [7, 11) is 0. The third kappa shape index (κ3) is 2.08. The Morgan fingerprint density at radius 1 is 1.00 bits per heavy atom. The molecule has 4 aliphatic rings. The highest BCUT2D eigenvalue weighted by molar-refractivity contribution is 5.35. The number of hydrogen-bond donors (Lipinski definition) is 2. The van der Waals surface area contributed by atoms with Gasteiger partial charge in [0.1, 0.15) is 0 Å². The quantitative estimate of drug-likeness (QED) is 0.674. The van der Waals surface area contributed by atoms with Gasteiger partial charge in [0.25, 0.3) is 0 Å². The first-order valence-electron chi connectivity index (χ1n) is 10.3. The van der Waals surface area contributed by atoms with Crippen LogP contribution in [0.25, 0.3) is 0 Å². The molecule has 0 saturated heterocycles. The maximum Gasteiger partial charge on any atom is 0.0602 e. The van der Waals surface area contributed by atoms with Crippen molar-refractivity contribution < 1.29 is 10.2 Å². The van der Waals surface area contributed by atoms with Crippen LogP contribution in [-0.2, 0) is 0 Å². The van der Waals surface area contributed by atoms with E-state index in [0.29, 0.717) is 10.8 Å². The van der Waals surface area contributed by atoms with E-state index in [0.717, 1.165) is 31.1 Å². The standard InChI is InChI=1S/C22H36O2/c1-14(23)21(3)11-9-16-17-8-10-20(2)13-15(24)7-12-22(20,4)19(17)6-5-18(16)21/h14-15,17,19,23-24H,5-13H2,1-4H3/t14-,15+,17+,19+,20-,21-,22-/m0/s1. The predicted molar refractivity (Wildman–Crippen MR) is 97.6 cm³/mol. The highest BCUT2D eigenvalue weighted by atomic mass is 16.3. The summed E-state index contributed by atoms with van der Waals surface area (Å²) in [6.07, 6.45) is 10.3. The molecule has 0 unspecified atom stereocenters. The van der Waals surface area contributed by atoms with Gasteiger partial charge in [-0.3, -0.25) is 0 Å². The van der Waals surface area contributed by atoms with Crippen molar-refractivity contribution in [3.05, 3.63) is 11.1 Å². The molecule has 0 aromatic heterocycles. The lowest BCUT2D eigenvalue weighted by Gasteiger charge is -2.62. The molecule has 2 fully saturated rings. The van der Waals surface area contributed by atoms with Crippen LogP contribution in [0, 0.1) is 28.1 Å². The minimum absolute atomic E-state index is 0.0325. The first-order valence-corrected chi connectivity index (χ1v) is 10.3. The second-order valence-electron chi connectivity index (χ2n) is 10.3. The fourth-order valence-electron chi connectivity index (χ4n) is 7.38. The van der Waals surface area contributed by atoms with Crippen LogP contribution in [0.3, 0.4) is 0 Å². The average Bonchev–Trinajstić information content (AvgIpc) is 2.88. The molecular formula is C22H36O2. The molecule has 4 aliphatic carbocycles. The molecule has 2 N–H and O–H groups in total. The molecular weight excluding hydrogens is 296 g/mol. The first-order chi connectivity index (χ1) is 11.2. The SMILES string of the molecule is C[C@H](O)[C@]1(C)CCC2=C1CC[C@@H]1[C@@H]2CC[C@@]2(C)C[C@H](O)CC[C@@]12C. The Bertz CT molecular complexity index is 564. The number of fused-ring (bicyclic) bond motifs is 4. The van der Waals surface area contributed by atoms with Gasteiger partial charge in [0.2, 0.25) is 0 Å². The Balaban J connectivity index is 1.69. The van der Waals surface area contributed by atoms with E-state index in [4.69, 9.17) is 0 Å². The molecule has 0 heterocycles. The van der Waals surface area contributed by atoms with E-state index in [2.05, 4.69) is 20.8 Å². The molecule has 136 valence electrons. The summed E-state index contributed by atoms with van der Waals surface area (Å²) in [6, 6.07) is 0. The van der Waals surface area contributed by atoms with Crippen molar-refractivity contribution in [2.75, 3.05) is 0 Å². The Hall–Kier alpha value is -0.340. The van der Waals surface area contributed by atoms with Gasteiger partial charge in [0, 0.05) is 5.41 Å². The normalized spacial score (nSPS) is 52.5. The van der Waals surface area contributed by atoms with E-state index in [-0.39, 0.29) is 17.6 Å². The van der Waals surface area contributed by atoms with Gasteiger partial charge in [-0.25, -0.2) is 0 Å². The minimum Gasteiger partial charge on any atom is -0.393 e. The molecule has 4 rings (SSSR count). The van der Waals surface area contributed by atoms with Gasteiger partial charge in [-0.05, 0) is 87.4 Å². The van der Waals surface area contributed by atoms with Crippen LogP contribution in [0.15, 0.2) is 11.1 Å². The summed E-state index contributed by atoms with van der Waals surface area (Å²) in [4.78, 5) is 0. The van der Waals surface area contributed by atoms with Gasteiger partial charge in [-0.15, -0.1) is 0 Å². The van der Waals surface area contributed by atoms with E-state index < -0.39 is 0 Å². The van der Waals surface area contributed by atoms with Crippen molar-refractivity contribution in [2.24, 2.45) is 28.1 Å². The van der Waals surface area contributed by atoms with E-state index in [9.17, 15) is 10.2 Å². The number of hydrogen-bond acceptors (Lipinski definition) is 2. The van der Waals surface area contributed by atoms with Gasteiger partial charge in [-0.2, -0.15) is 0 Å². The van der Waals surface area contributed by atoms with Crippen molar-refractivity contribution in [2.45, 2.75) is 97.7 Å². The van der Waals surface area contributed by atoms with Crippen LogP contribution in [0.2, 0.25) is 0 Å². The summed E-state index contributed by atoms with van der Waals surface area (Å²) in [5.41, 5.74) is 4.10. The lowest BCUT2D eigenvalue weighted by molar-refractivity contribution is -0.130. The maximum absolute atomic E-state index is 10.4. The highest BCUT2D eigenvalue weighted by Gasteiger charge is 2.59. The van der Waals surface area contributed by atoms with Gasteiger partial charge in [0.05, 0.1) is 12.2 Å². The third-order valence-corrected chi connectivity index (χ3v) is 9.44. The Kier molecular flexibility index (Phi) is 3.80. The smallest absolute Gasteiger partial charge is 0.0602 e. The topological polar surface area (TPSA) is 40.5 Å². The highest BCUT2D eigenvalue weighted by Crippen LogP contribution is 2.68. The van der Waals surface area contributed by atoms with E-state index >= 15 is 0 Å². The molecule has 2 saturated carbocycles. The molecule has 2 nitrogen and oxygen atoms in total. The second kappa shape index (κ2) is 5.33. The fraction of sp³-hybridized carbons (Fsp3) is 0.909. The lowest BCUT2D eigenvalue weighted by Crippen LogP contribution is -2.55. The Morgan fingerprint density at radius 2 is 1.75 bits per heavy atom. The van der Waals surface area contributed by atoms with E-state index in [1.807, 2.05) is 6.92 Å². The van der Waals surface area contributed by atoms with Crippen LogP contribution < -0.4 is 0 Å². The molecule has 0 aromatic carbocycles. The summed E-state index contributed by atoms with van der Waals surface area (Å²) in [5, 5.41) is 20.7. The first kappa shape index (κ1) is 17.1. The zero-order valence-electron chi connectivity index (χ0n) is 16.1. The lowest BCUT2D eigenvalue weighted by atomic mass is 9.43. The zero-order chi connectivity index (χ0) is 17.3. The summed E-state index contributed by atoms with van der Waals surface area (Å²) >= 11 is 0. The molecule has 7 atom stereocenters. The van der Waals surface area contributed by atoms with Crippen LogP contribution in [0.1, 0.15) is 85.5 Å². The van der Waals surface area contributed by atoms with Crippen molar-refractivity contribution in [3.63, 3.8) is 0 Å². The summed E-state index contributed by atoms with van der Waals surface area (Å²) in [6.45, 7) is 9.30. The van der Waals surface area contributed by atoms with Gasteiger partial charge in [-0.1, -0.05) is 31.9 Å². The molecule has 0 radical (unpaired) electrons. The molecule has 0 amide bonds. The third-order valence-electron chi connectivity index (χ3n) is 9.44. The molecule has 0 spiro atoms. The Morgan fingerprint density at radius 3 is 2.46 bits per heavy atom. The van der Waals surface area contributed by atoms with Crippen molar-refractivity contribution in [1.29, 1.82) is 0 Å². The predicted octanol–water partition coefficient (Wildman–Crippen LogP) is 4.84. The molecule has 0 aliphatic heterocycles. The van der Waals surface area contributed by atoms with E-state index in [1.165, 1.54) is 38.5 Å². The maximum atomic E-state index is 10.4. The van der Waals surface area contributed by atoms with Gasteiger partial charge in [0.15, 0.2) is 0 Å². The van der Waals surface area contributed by atoms with Crippen LogP contribution in [-0.4, -0.2) is 22.4 Å². The number of allylic oxidation sites excluding steroid dienone is 1. The Labute approximate surface area is 147 Å². The van der Waals surface area contributed by atoms with Crippen LogP contribution in [0.4, 0.5) is 0 Å². The van der Waals surface area contributed by atoms with Crippen molar-refractivity contribution >= 4 is 0 Å². The zero-order valence-corrected chi connectivity index (χ0v) is 16.1. The fourth-order valence-corrected chi connectivity index (χ4v) is 7.38. The van der Waals surface area contributed by atoms with E-state index in [1.54, 1.807) is 11.1 Å². The number of aliphatic hydroxyl groups is 2.